The summed E-state index contributed by atoms with van der Waals surface area (Å²) in [6.45, 7) is 0. The van der Waals surface area contributed by atoms with Gasteiger partial charge in [-0.1, -0.05) is 12.5 Å². The van der Waals surface area contributed by atoms with Crippen molar-refractivity contribution in [1.29, 1.82) is 0 Å². The molecule has 0 radical (unpaired) electrons. The molecule has 1 saturated carbocycles. The van der Waals surface area contributed by atoms with E-state index >= 15 is 0 Å². The highest BCUT2D eigenvalue weighted by molar-refractivity contribution is 14.1. The Labute approximate surface area is 96.5 Å². The molecule has 74 valence electrons. The lowest BCUT2D eigenvalue weighted by Gasteiger charge is -2.26. The molecule has 3 heteroatoms. The Morgan fingerprint density at radius 2 is 2.14 bits per heavy atom. The summed E-state index contributed by atoms with van der Waals surface area (Å²) >= 11 is 2.23. The third kappa shape index (κ3) is 1.78. The maximum atomic E-state index is 10.7. The van der Waals surface area contributed by atoms with E-state index in [0.717, 1.165) is 3.57 Å². The summed E-state index contributed by atoms with van der Waals surface area (Å²) in [5.41, 5.74) is 1.71. The third-order valence-corrected chi connectivity index (χ3v) is 3.73. The molecule has 14 heavy (non-hydrogen) atoms. The largest absolute Gasteiger partial charge is 0.478 e. The molecule has 2 rings (SSSR count). The lowest BCUT2D eigenvalue weighted by Crippen LogP contribution is -2.11. The van der Waals surface area contributed by atoms with Crippen LogP contribution in [0, 0.1) is 3.57 Å². The smallest absolute Gasteiger partial charge is 0.335 e. The topological polar surface area (TPSA) is 37.3 Å². The molecule has 1 aromatic rings. The highest BCUT2D eigenvalue weighted by Gasteiger charge is 2.21. The Balaban J connectivity index is 2.30. The van der Waals surface area contributed by atoms with E-state index in [1.165, 1.54) is 24.8 Å². The Morgan fingerprint density at radius 3 is 2.57 bits per heavy atom. The van der Waals surface area contributed by atoms with E-state index in [1.54, 1.807) is 12.1 Å². The minimum Gasteiger partial charge on any atom is -0.478 e. The molecular formula is C11H11IO2. The molecule has 0 saturated heterocycles. The van der Waals surface area contributed by atoms with Crippen molar-refractivity contribution in [2.24, 2.45) is 0 Å². The van der Waals surface area contributed by atoms with E-state index in [0.29, 0.717) is 11.5 Å². The Kier molecular flexibility index (Phi) is 2.76. The number of halogens is 1. The number of hydrogen-bond donors (Lipinski definition) is 1. The maximum absolute atomic E-state index is 10.7. The van der Waals surface area contributed by atoms with Gasteiger partial charge < -0.3 is 5.11 Å². The van der Waals surface area contributed by atoms with Crippen molar-refractivity contribution in [3.8, 4) is 0 Å². The minimum atomic E-state index is -0.844. The van der Waals surface area contributed by atoms with E-state index < -0.39 is 5.97 Å². The van der Waals surface area contributed by atoms with Gasteiger partial charge in [0.05, 0.1) is 5.56 Å². The van der Waals surface area contributed by atoms with Gasteiger partial charge in [0.2, 0.25) is 0 Å². The van der Waals surface area contributed by atoms with Crippen molar-refractivity contribution >= 4 is 28.6 Å². The van der Waals surface area contributed by atoms with Gasteiger partial charge >= 0.3 is 5.97 Å². The van der Waals surface area contributed by atoms with Crippen LogP contribution in [0.2, 0.25) is 0 Å². The molecule has 0 amide bonds. The minimum absolute atomic E-state index is 0.387. The summed E-state index contributed by atoms with van der Waals surface area (Å²) in [5.74, 6) is -0.173. The number of benzene rings is 1. The van der Waals surface area contributed by atoms with Gasteiger partial charge in [-0.05, 0) is 59.0 Å². The van der Waals surface area contributed by atoms with Crippen LogP contribution in [0.4, 0.5) is 0 Å². The molecule has 1 N–H and O–H groups in total. The fraction of sp³-hybridized carbons (Fsp3) is 0.364. The van der Waals surface area contributed by atoms with Crippen LogP contribution in [-0.2, 0) is 0 Å². The van der Waals surface area contributed by atoms with Crippen molar-refractivity contribution in [3.05, 3.63) is 32.9 Å². The van der Waals surface area contributed by atoms with Crippen LogP contribution in [0.15, 0.2) is 18.2 Å². The number of aromatic carboxylic acids is 1. The van der Waals surface area contributed by atoms with Gasteiger partial charge in [-0.2, -0.15) is 0 Å². The molecule has 0 heterocycles. The fourth-order valence-corrected chi connectivity index (χ4v) is 2.67. The molecule has 0 unspecified atom stereocenters. The predicted molar refractivity (Wildman–Crippen MR) is 62.7 cm³/mol. The zero-order chi connectivity index (χ0) is 10.1. The third-order valence-electron chi connectivity index (χ3n) is 2.79. The average molecular weight is 302 g/mol. The molecule has 0 aromatic heterocycles. The van der Waals surface area contributed by atoms with Crippen LogP contribution in [0.25, 0.3) is 0 Å². The van der Waals surface area contributed by atoms with Crippen LogP contribution in [0.1, 0.15) is 41.1 Å². The van der Waals surface area contributed by atoms with Crippen molar-refractivity contribution in [3.63, 3.8) is 0 Å². The summed E-state index contributed by atoms with van der Waals surface area (Å²) in [7, 11) is 0. The Bertz CT molecular complexity index is 370. The number of carboxylic acid groups (broad SMARTS) is 1. The lowest BCUT2D eigenvalue weighted by molar-refractivity contribution is 0.0697. The first-order chi connectivity index (χ1) is 6.68. The summed E-state index contributed by atoms with van der Waals surface area (Å²) in [5, 5.41) is 8.81. The molecule has 2 nitrogen and oxygen atoms in total. The molecule has 1 fully saturated rings. The van der Waals surface area contributed by atoms with Crippen molar-refractivity contribution in [1.82, 2.24) is 0 Å². The fourth-order valence-electron chi connectivity index (χ4n) is 1.71. The van der Waals surface area contributed by atoms with E-state index in [4.69, 9.17) is 5.11 Å². The van der Waals surface area contributed by atoms with Gasteiger partial charge in [0.25, 0.3) is 0 Å². The summed E-state index contributed by atoms with van der Waals surface area (Å²) in [6.07, 6.45) is 3.81. The van der Waals surface area contributed by atoms with Gasteiger partial charge in [0.15, 0.2) is 0 Å². The lowest BCUT2D eigenvalue weighted by atomic mass is 9.80. The first kappa shape index (κ1) is 9.96. The predicted octanol–water partition coefficient (Wildman–Crippen LogP) is 3.26. The zero-order valence-corrected chi connectivity index (χ0v) is 9.82. The van der Waals surface area contributed by atoms with E-state index in [1.807, 2.05) is 6.07 Å². The van der Waals surface area contributed by atoms with E-state index in [9.17, 15) is 4.79 Å². The molecule has 1 aromatic carbocycles. The molecule has 0 bridgehead atoms. The summed E-state index contributed by atoms with van der Waals surface area (Å²) < 4.78 is 1.09. The number of rotatable bonds is 2. The average Bonchev–Trinajstić information content (AvgIpc) is 2.04. The van der Waals surface area contributed by atoms with Crippen LogP contribution in [0.3, 0.4) is 0 Å². The van der Waals surface area contributed by atoms with E-state index in [-0.39, 0.29) is 0 Å². The molecule has 0 aliphatic heterocycles. The van der Waals surface area contributed by atoms with Crippen LogP contribution < -0.4 is 0 Å². The second kappa shape index (κ2) is 3.88. The van der Waals surface area contributed by atoms with E-state index in [2.05, 4.69) is 22.6 Å². The Hall–Kier alpha value is -0.580. The van der Waals surface area contributed by atoms with Gasteiger partial charge in [-0.25, -0.2) is 4.79 Å². The summed E-state index contributed by atoms with van der Waals surface area (Å²) in [6, 6.07) is 5.43. The SMILES string of the molecule is O=C(O)c1ccc(C2CCC2)c(I)c1. The number of carboxylic acids is 1. The van der Waals surface area contributed by atoms with Crippen LogP contribution in [-0.4, -0.2) is 11.1 Å². The summed E-state index contributed by atoms with van der Waals surface area (Å²) in [4.78, 5) is 10.7. The Morgan fingerprint density at radius 1 is 1.43 bits per heavy atom. The van der Waals surface area contributed by atoms with Crippen LogP contribution >= 0.6 is 22.6 Å². The second-order valence-electron chi connectivity index (χ2n) is 3.67. The normalized spacial score (nSPS) is 16.4. The molecular weight excluding hydrogens is 291 g/mol. The molecule has 0 atom stereocenters. The van der Waals surface area contributed by atoms with Gasteiger partial charge in [0.1, 0.15) is 0 Å². The van der Waals surface area contributed by atoms with Crippen molar-refractivity contribution in [2.75, 3.05) is 0 Å². The number of hydrogen-bond acceptors (Lipinski definition) is 1. The maximum Gasteiger partial charge on any atom is 0.335 e. The standard InChI is InChI=1S/C11H11IO2/c12-10-6-8(11(13)14)4-5-9(10)7-2-1-3-7/h4-7H,1-3H2,(H,13,14). The number of carbonyl (C=O) groups is 1. The van der Waals surface area contributed by atoms with Gasteiger partial charge in [0, 0.05) is 3.57 Å². The first-order valence-electron chi connectivity index (χ1n) is 4.71. The molecule has 1 aliphatic rings. The van der Waals surface area contributed by atoms with Gasteiger partial charge in [-0.3, -0.25) is 0 Å². The second-order valence-corrected chi connectivity index (χ2v) is 4.83. The van der Waals surface area contributed by atoms with Crippen molar-refractivity contribution in [2.45, 2.75) is 25.2 Å². The van der Waals surface area contributed by atoms with Gasteiger partial charge in [-0.15, -0.1) is 0 Å². The highest BCUT2D eigenvalue weighted by atomic mass is 127. The highest BCUT2D eigenvalue weighted by Crippen LogP contribution is 2.38. The molecule has 0 spiro atoms. The molecule has 1 aliphatic carbocycles. The quantitative estimate of drug-likeness (QED) is 0.851. The monoisotopic (exact) mass is 302 g/mol. The first-order valence-corrected chi connectivity index (χ1v) is 5.79. The zero-order valence-electron chi connectivity index (χ0n) is 7.66. The van der Waals surface area contributed by atoms with Crippen LogP contribution in [0.5, 0.6) is 0 Å². The van der Waals surface area contributed by atoms with Crippen molar-refractivity contribution < 1.29 is 9.90 Å².